The van der Waals surface area contributed by atoms with Gasteiger partial charge >= 0.3 is 6.30 Å². The molecule has 13 heavy (non-hydrogen) atoms. The van der Waals surface area contributed by atoms with Crippen LogP contribution in [0.4, 0.5) is 13.2 Å². The summed E-state index contributed by atoms with van der Waals surface area (Å²) in [6, 6.07) is 0.195. The Kier molecular flexibility index (Phi) is 2.23. The molecule has 0 aromatic carbocycles. The number of hydrogen-bond acceptors (Lipinski definition) is 2. The van der Waals surface area contributed by atoms with Gasteiger partial charge in [-0.1, -0.05) is 0 Å². The number of nitrogens with zero attached hydrogens (tertiary/aromatic N) is 1. The zero-order valence-electron chi connectivity index (χ0n) is 7.27. The molecule has 1 aliphatic heterocycles. The lowest BCUT2D eigenvalue weighted by Crippen LogP contribution is -2.42. The molecule has 1 saturated heterocycles. The molecular formula is C8H13F3N2. The molecule has 0 radical (unpaired) electrons. The van der Waals surface area contributed by atoms with Crippen molar-refractivity contribution in [2.45, 2.75) is 37.6 Å². The van der Waals surface area contributed by atoms with E-state index in [2.05, 4.69) is 4.90 Å². The summed E-state index contributed by atoms with van der Waals surface area (Å²) in [5.74, 6) is 0. The summed E-state index contributed by atoms with van der Waals surface area (Å²) >= 11 is 0. The van der Waals surface area contributed by atoms with Crippen LogP contribution in [0.3, 0.4) is 0 Å². The molecule has 76 valence electrons. The predicted octanol–water partition coefficient (Wildman–Crippen LogP) is 1.33. The van der Waals surface area contributed by atoms with E-state index in [0.717, 1.165) is 6.54 Å². The van der Waals surface area contributed by atoms with Crippen LogP contribution in [0.5, 0.6) is 0 Å². The van der Waals surface area contributed by atoms with Crippen molar-refractivity contribution in [1.82, 2.24) is 10.2 Å². The van der Waals surface area contributed by atoms with E-state index in [1.807, 2.05) is 0 Å². The molecule has 1 N–H and O–H groups in total. The Hall–Kier alpha value is -0.290. The van der Waals surface area contributed by atoms with Gasteiger partial charge in [0.15, 0.2) is 0 Å². The average Bonchev–Trinajstić information content (AvgIpc) is 2.72. The molecule has 2 rings (SSSR count). The van der Waals surface area contributed by atoms with Crippen LogP contribution in [0, 0.1) is 0 Å². The summed E-state index contributed by atoms with van der Waals surface area (Å²) in [5, 5.41) is 1.69. The Morgan fingerprint density at radius 3 is 2.38 bits per heavy atom. The first-order chi connectivity index (χ1) is 6.04. The highest BCUT2D eigenvalue weighted by molar-refractivity contribution is 4.91. The van der Waals surface area contributed by atoms with Gasteiger partial charge in [0.05, 0.1) is 0 Å². The van der Waals surface area contributed by atoms with Crippen LogP contribution in [-0.4, -0.2) is 36.4 Å². The van der Waals surface area contributed by atoms with E-state index in [9.17, 15) is 13.2 Å². The maximum atomic E-state index is 11.9. The molecule has 1 atom stereocenters. The van der Waals surface area contributed by atoms with E-state index in [-0.39, 0.29) is 6.04 Å². The number of likely N-dealkylation sites (tertiary alicyclic amines) is 1. The lowest BCUT2D eigenvalue weighted by atomic mass is 10.3. The highest BCUT2D eigenvalue weighted by atomic mass is 19.4. The van der Waals surface area contributed by atoms with E-state index in [1.165, 1.54) is 12.8 Å². The van der Waals surface area contributed by atoms with Crippen molar-refractivity contribution in [3.8, 4) is 0 Å². The highest BCUT2D eigenvalue weighted by Crippen LogP contribution is 2.30. The first-order valence-corrected chi connectivity index (χ1v) is 4.63. The highest BCUT2D eigenvalue weighted by Gasteiger charge is 2.38. The second-order valence-corrected chi connectivity index (χ2v) is 3.85. The SMILES string of the molecule is FC(F)(F)N[C@@H]1CCN(C2CC2)C1. The molecule has 1 heterocycles. The van der Waals surface area contributed by atoms with Crippen molar-refractivity contribution in [1.29, 1.82) is 0 Å². The minimum absolute atomic E-state index is 0.388. The van der Waals surface area contributed by atoms with Crippen LogP contribution < -0.4 is 5.32 Å². The summed E-state index contributed by atoms with van der Waals surface area (Å²) in [6.07, 6.45) is -1.27. The normalized spacial score (nSPS) is 31.2. The molecule has 0 spiro atoms. The monoisotopic (exact) mass is 194 g/mol. The lowest BCUT2D eigenvalue weighted by Gasteiger charge is -2.17. The quantitative estimate of drug-likeness (QED) is 0.667. The standard InChI is InChI=1S/C8H13F3N2/c9-8(10,11)12-6-3-4-13(5-6)7-1-2-7/h6-7,12H,1-5H2/t6-/m1/s1. The zero-order chi connectivity index (χ0) is 9.47. The zero-order valence-corrected chi connectivity index (χ0v) is 7.27. The van der Waals surface area contributed by atoms with Gasteiger partial charge in [-0.2, -0.15) is 13.2 Å². The third-order valence-corrected chi connectivity index (χ3v) is 2.65. The average molecular weight is 194 g/mol. The number of hydrogen-bond donors (Lipinski definition) is 1. The minimum Gasteiger partial charge on any atom is -0.299 e. The van der Waals surface area contributed by atoms with Gasteiger partial charge in [0.25, 0.3) is 0 Å². The molecule has 5 heteroatoms. The van der Waals surface area contributed by atoms with Gasteiger partial charge in [-0.25, -0.2) is 5.32 Å². The van der Waals surface area contributed by atoms with Gasteiger partial charge in [0, 0.05) is 25.2 Å². The Morgan fingerprint density at radius 2 is 1.85 bits per heavy atom. The number of rotatable bonds is 2. The first-order valence-electron chi connectivity index (χ1n) is 4.63. The fourth-order valence-electron chi connectivity index (χ4n) is 1.91. The van der Waals surface area contributed by atoms with Crippen LogP contribution >= 0.6 is 0 Å². The molecule has 0 aromatic rings. The molecule has 1 saturated carbocycles. The molecule has 0 aromatic heterocycles. The third-order valence-electron chi connectivity index (χ3n) is 2.65. The van der Waals surface area contributed by atoms with Crippen molar-refractivity contribution >= 4 is 0 Å². The molecule has 2 aliphatic rings. The van der Waals surface area contributed by atoms with Gasteiger partial charge in [-0.05, 0) is 19.3 Å². The van der Waals surface area contributed by atoms with Gasteiger partial charge in [-0.3, -0.25) is 4.90 Å². The van der Waals surface area contributed by atoms with Crippen LogP contribution in [0.2, 0.25) is 0 Å². The Balaban J connectivity index is 1.77. The topological polar surface area (TPSA) is 15.3 Å². The van der Waals surface area contributed by atoms with Crippen LogP contribution in [-0.2, 0) is 0 Å². The summed E-state index contributed by atoms with van der Waals surface area (Å²) in [5.41, 5.74) is 0. The van der Waals surface area contributed by atoms with E-state index >= 15 is 0 Å². The summed E-state index contributed by atoms with van der Waals surface area (Å²) in [4.78, 5) is 2.16. The van der Waals surface area contributed by atoms with E-state index in [1.54, 1.807) is 5.32 Å². The van der Waals surface area contributed by atoms with E-state index in [0.29, 0.717) is 19.0 Å². The van der Waals surface area contributed by atoms with Crippen LogP contribution in [0.1, 0.15) is 19.3 Å². The summed E-state index contributed by atoms with van der Waals surface area (Å²) in [6.45, 7) is 1.38. The van der Waals surface area contributed by atoms with Crippen molar-refractivity contribution in [2.75, 3.05) is 13.1 Å². The molecule has 0 unspecified atom stereocenters. The van der Waals surface area contributed by atoms with Crippen molar-refractivity contribution in [2.24, 2.45) is 0 Å². The van der Waals surface area contributed by atoms with E-state index < -0.39 is 6.30 Å². The third kappa shape index (κ3) is 2.57. The Morgan fingerprint density at radius 1 is 1.15 bits per heavy atom. The number of alkyl halides is 3. The van der Waals surface area contributed by atoms with Gasteiger partial charge in [0.1, 0.15) is 0 Å². The van der Waals surface area contributed by atoms with Crippen molar-refractivity contribution < 1.29 is 13.2 Å². The smallest absolute Gasteiger partial charge is 0.299 e. The Bertz CT molecular complexity index is 188. The largest absolute Gasteiger partial charge is 0.457 e. The van der Waals surface area contributed by atoms with Crippen LogP contribution in [0.25, 0.3) is 0 Å². The second-order valence-electron chi connectivity index (χ2n) is 3.85. The van der Waals surface area contributed by atoms with E-state index in [4.69, 9.17) is 0 Å². The van der Waals surface area contributed by atoms with Crippen molar-refractivity contribution in [3.63, 3.8) is 0 Å². The lowest BCUT2D eigenvalue weighted by molar-refractivity contribution is -0.163. The molecule has 0 amide bonds. The predicted molar refractivity (Wildman–Crippen MR) is 42.2 cm³/mol. The number of nitrogens with one attached hydrogen (secondary N) is 1. The van der Waals surface area contributed by atoms with Crippen molar-refractivity contribution in [3.05, 3.63) is 0 Å². The molecule has 2 nitrogen and oxygen atoms in total. The number of halogens is 3. The van der Waals surface area contributed by atoms with Gasteiger partial charge < -0.3 is 0 Å². The van der Waals surface area contributed by atoms with Crippen LogP contribution in [0.15, 0.2) is 0 Å². The maximum Gasteiger partial charge on any atom is 0.457 e. The fourth-order valence-corrected chi connectivity index (χ4v) is 1.91. The molecule has 2 fully saturated rings. The second kappa shape index (κ2) is 3.13. The molecular weight excluding hydrogens is 181 g/mol. The summed E-state index contributed by atoms with van der Waals surface area (Å²) in [7, 11) is 0. The maximum absolute atomic E-state index is 11.9. The first kappa shape index (κ1) is 9.27. The fraction of sp³-hybridized carbons (Fsp3) is 1.00. The van der Waals surface area contributed by atoms with Gasteiger partial charge in [0.2, 0.25) is 0 Å². The molecule has 1 aliphatic carbocycles. The summed E-state index contributed by atoms with van der Waals surface area (Å²) < 4.78 is 35.8. The Labute approximate surface area is 75.1 Å². The van der Waals surface area contributed by atoms with Gasteiger partial charge in [-0.15, -0.1) is 0 Å². The molecule has 0 bridgehead atoms. The minimum atomic E-state index is -4.22.